The molecule has 1 aromatic rings. The largest absolute Gasteiger partial charge is 0.456 e. The zero-order valence-electron chi connectivity index (χ0n) is 12.3. The van der Waals surface area contributed by atoms with Crippen molar-refractivity contribution in [1.29, 1.82) is 0 Å². The number of nitrogens with zero attached hydrogens (tertiary/aromatic N) is 2. The summed E-state index contributed by atoms with van der Waals surface area (Å²) in [7, 11) is 0. The Morgan fingerprint density at radius 2 is 2.00 bits per heavy atom. The van der Waals surface area contributed by atoms with E-state index in [1.165, 1.54) is 13.0 Å². The van der Waals surface area contributed by atoms with E-state index in [0.717, 1.165) is 44.0 Å². The topological polar surface area (TPSA) is 74.7 Å². The predicted molar refractivity (Wildman–Crippen MR) is 77.1 cm³/mol. The van der Waals surface area contributed by atoms with E-state index >= 15 is 0 Å². The first-order valence-corrected chi connectivity index (χ1v) is 7.19. The molecule has 1 saturated heterocycles. The first-order chi connectivity index (χ1) is 9.63. The SMILES string of the molecule is CCCN1CCN(Cc2cc(C(=O)NN)oc2C)CC1. The molecule has 2 heterocycles. The van der Waals surface area contributed by atoms with Crippen LogP contribution in [-0.4, -0.2) is 48.4 Å². The Kier molecular flexibility index (Phi) is 5.17. The number of aryl methyl sites for hydroxylation is 1. The summed E-state index contributed by atoms with van der Waals surface area (Å²) in [6.07, 6.45) is 1.21. The molecule has 1 aliphatic rings. The van der Waals surface area contributed by atoms with Crippen LogP contribution in [0, 0.1) is 6.92 Å². The van der Waals surface area contributed by atoms with Gasteiger partial charge in [0.2, 0.25) is 0 Å². The van der Waals surface area contributed by atoms with Crippen LogP contribution in [0.3, 0.4) is 0 Å². The van der Waals surface area contributed by atoms with Gasteiger partial charge >= 0.3 is 5.91 Å². The number of hydrogen-bond donors (Lipinski definition) is 2. The van der Waals surface area contributed by atoms with Gasteiger partial charge < -0.3 is 9.32 Å². The first-order valence-electron chi connectivity index (χ1n) is 7.19. The van der Waals surface area contributed by atoms with E-state index < -0.39 is 0 Å². The van der Waals surface area contributed by atoms with Gasteiger partial charge in [-0.25, -0.2) is 5.84 Å². The maximum atomic E-state index is 11.4. The van der Waals surface area contributed by atoms with Crippen molar-refractivity contribution < 1.29 is 9.21 Å². The summed E-state index contributed by atoms with van der Waals surface area (Å²) in [5, 5.41) is 0. The molecule has 0 spiro atoms. The second-order valence-corrected chi connectivity index (χ2v) is 5.28. The van der Waals surface area contributed by atoms with Crippen LogP contribution >= 0.6 is 0 Å². The standard InChI is InChI=1S/C14H24N4O2/c1-3-4-17-5-7-18(8-6-17)10-12-9-13(14(19)16-15)20-11(12)2/h9H,3-8,10,15H2,1-2H3,(H,16,19). The Hall–Kier alpha value is -1.37. The molecule has 20 heavy (non-hydrogen) atoms. The molecule has 0 aromatic carbocycles. The smallest absolute Gasteiger partial charge is 0.300 e. The molecule has 3 N–H and O–H groups in total. The van der Waals surface area contributed by atoms with E-state index in [0.29, 0.717) is 0 Å². The molecule has 6 nitrogen and oxygen atoms in total. The molecule has 0 bridgehead atoms. The normalized spacial score (nSPS) is 17.4. The number of piperazine rings is 1. The Labute approximate surface area is 119 Å². The summed E-state index contributed by atoms with van der Waals surface area (Å²) in [4.78, 5) is 16.3. The van der Waals surface area contributed by atoms with Gasteiger partial charge in [-0.05, 0) is 26.0 Å². The molecular weight excluding hydrogens is 256 g/mol. The third kappa shape index (κ3) is 3.59. The maximum absolute atomic E-state index is 11.4. The summed E-state index contributed by atoms with van der Waals surface area (Å²) < 4.78 is 5.44. The number of amides is 1. The number of carbonyl (C=O) groups excluding carboxylic acids is 1. The van der Waals surface area contributed by atoms with Crippen LogP contribution in [0.4, 0.5) is 0 Å². The van der Waals surface area contributed by atoms with Crippen molar-refractivity contribution in [2.24, 2.45) is 5.84 Å². The number of rotatable bonds is 5. The Morgan fingerprint density at radius 3 is 2.60 bits per heavy atom. The molecular formula is C14H24N4O2. The monoisotopic (exact) mass is 280 g/mol. The van der Waals surface area contributed by atoms with Gasteiger partial charge in [0.1, 0.15) is 5.76 Å². The second kappa shape index (κ2) is 6.88. The number of nitrogen functional groups attached to an aromatic ring is 1. The Balaban J connectivity index is 1.91. The number of hydrazine groups is 1. The second-order valence-electron chi connectivity index (χ2n) is 5.28. The van der Waals surface area contributed by atoms with E-state index in [-0.39, 0.29) is 11.7 Å². The average Bonchev–Trinajstić information content (AvgIpc) is 2.82. The van der Waals surface area contributed by atoms with E-state index in [2.05, 4.69) is 22.1 Å². The number of hydrogen-bond acceptors (Lipinski definition) is 5. The molecule has 0 saturated carbocycles. The lowest BCUT2D eigenvalue weighted by atomic mass is 10.2. The maximum Gasteiger partial charge on any atom is 0.300 e. The molecule has 1 aliphatic heterocycles. The highest BCUT2D eigenvalue weighted by molar-refractivity contribution is 5.91. The van der Waals surface area contributed by atoms with Gasteiger partial charge in [0.25, 0.3) is 0 Å². The highest BCUT2D eigenvalue weighted by Crippen LogP contribution is 2.17. The predicted octanol–water partition coefficient (Wildman–Crippen LogP) is 0.719. The molecule has 1 amide bonds. The van der Waals surface area contributed by atoms with Crippen molar-refractivity contribution in [3.05, 3.63) is 23.2 Å². The molecule has 0 atom stereocenters. The fourth-order valence-corrected chi connectivity index (χ4v) is 2.59. The summed E-state index contributed by atoms with van der Waals surface area (Å²) >= 11 is 0. The van der Waals surface area contributed by atoms with Gasteiger partial charge in [-0.15, -0.1) is 0 Å². The summed E-state index contributed by atoms with van der Waals surface area (Å²) in [6.45, 7) is 10.4. The number of nitrogens with one attached hydrogen (secondary N) is 1. The van der Waals surface area contributed by atoms with Gasteiger partial charge in [-0.2, -0.15) is 0 Å². The fourth-order valence-electron chi connectivity index (χ4n) is 2.59. The molecule has 6 heteroatoms. The molecule has 112 valence electrons. The van der Waals surface area contributed by atoms with Gasteiger partial charge in [0.05, 0.1) is 0 Å². The molecule has 0 aliphatic carbocycles. The van der Waals surface area contributed by atoms with Gasteiger partial charge in [-0.1, -0.05) is 6.92 Å². The van der Waals surface area contributed by atoms with Crippen molar-refractivity contribution >= 4 is 5.91 Å². The number of nitrogens with two attached hydrogens (primary N) is 1. The van der Waals surface area contributed by atoms with Crippen LogP contribution < -0.4 is 11.3 Å². The van der Waals surface area contributed by atoms with Gasteiger partial charge in [0, 0.05) is 38.3 Å². The van der Waals surface area contributed by atoms with Gasteiger partial charge in [0.15, 0.2) is 5.76 Å². The van der Waals surface area contributed by atoms with Crippen LogP contribution in [0.2, 0.25) is 0 Å². The van der Waals surface area contributed by atoms with E-state index in [1.807, 2.05) is 6.92 Å². The van der Waals surface area contributed by atoms with Gasteiger partial charge in [-0.3, -0.25) is 15.1 Å². The summed E-state index contributed by atoms with van der Waals surface area (Å²) in [5.74, 6) is 5.81. The highest BCUT2D eigenvalue weighted by atomic mass is 16.4. The molecule has 1 fully saturated rings. The molecule has 0 unspecified atom stereocenters. The van der Waals surface area contributed by atoms with E-state index in [1.54, 1.807) is 6.07 Å². The van der Waals surface area contributed by atoms with Crippen LogP contribution in [-0.2, 0) is 6.54 Å². The molecule has 1 aromatic heterocycles. The van der Waals surface area contributed by atoms with Crippen LogP contribution in [0.1, 0.15) is 35.2 Å². The van der Waals surface area contributed by atoms with Crippen molar-refractivity contribution in [3.8, 4) is 0 Å². The van der Waals surface area contributed by atoms with Crippen LogP contribution in [0.25, 0.3) is 0 Å². The van der Waals surface area contributed by atoms with Crippen molar-refractivity contribution in [2.75, 3.05) is 32.7 Å². The van der Waals surface area contributed by atoms with Crippen molar-refractivity contribution in [3.63, 3.8) is 0 Å². The average molecular weight is 280 g/mol. The number of carbonyl (C=O) groups is 1. The van der Waals surface area contributed by atoms with Crippen molar-refractivity contribution in [2.45, 2.75) is 26.8 Å². The lowest BCUT2D eigenvalue weighted by molar-refractivity contribution is 0.0924. The van der Waals surface area contributed by atoms with Crippen LogP contribution in [0.5, 0.6) is 0 Å². The van der Waals surface area contributed by atoms with E-state index in [4.69, 9.17) is 10.3 Å². The summed E-state index contributed by atoms with van der Waals surface area (Å²) in [5.41, 5.74) is 3.15. The minimum absolute atomic E-state index is 0.282. The number of furan rings is 1. The Morgan fingerprint density at radius 1 is 1.35 bits per heavy atom. The fraction of sp³-hybridized carbons (Fsp3) is 0.643. The lowest BCUT2D eigenvalue weighted by Crippen LogP contribution is -2.46. The zero-order valence-corrected chi connectivity index (χ0v) is 12.3. The quantitative estimate of drug-likeness (QED) is 0.472. The first kappa shape index (κ1) is 15.0. The molecule has 2 rings (SSSR count). The minimum Gasteiger partial charge on any atom is -0.456 e. The Bertz CT molecular complexity index is 450. The highest BCUT2D eigenvalue weighted by Gasteiger charge is 2.19. The lowest BCUT2D eigenvalue weighted by Gasteiger charge is -2.34. The molecule has 0 radical (unpaired) electrons. The van der Waals surface area contributed by atoms with E-state index in [9.17, 15) is 4.79 Å². The zero-order chi connectivity index (χ0) is 14.5. The summed E-state index contributed by atoms with van der Waals surface area (Å²) in [6, 6.07) is 1.79. The third-order valence-electron chi connectivity index (χ3n) is 3.77. The minimum atomic E-state index is -0.382. The third-order valence-corrected chi connectivity index (χ3v) is 3.77. The van der Waals surface area contributed by atoms with Crippen molar-refractivity contribution in [1.82, 2.24) is 15.2 Å². The van der Waals surface area contributed by atoms with Crippen LogP contribution in [0.15, 0.2) is 10.5 Å².